The smallest absolute Gasteiger partial charge is 0.333 e. The van der Waals surface area contributed by atoms with Crippen LogP contribution in [0.15, 0.2) is 140 Å². The minimum atomic E-state index is -0.0603. The van der Waals surface area contributed by atoms with Gasteiger partial charge >= 0.3 is 6.85 Å². The van der Waals surface area contributed by atoms with Gasteiger partial charge in [-0.15, -0.1) is 0 Å². The molecule has 4 heteroatoms. The van der Waals surface area contributed by atoms with Gasteiger partial charge in [-0.2, -0.15) is 0 Å². The normalized spacial score (nSPS) is 17.0. The molecule has 0 unspecified atom stereocenters. The average molecular weight is 748 g/mol. The van der Waals surface area contributed by atoms with Crippen LogP contribution in [-0.4, -0.2) is 18.5 Å². The maximum atomic E-state index is 4.73. The number of aromatic nitrogens is 1. The van der Waals surface area contributed by atoms with Crippen LogP contribution in [0.4, 0.5) is 17.1 Å². The molecule has 7 aromatic carbocycles. The molecular weight excluding hydrogens is 701 g/mol. The first-order valence-corrected chi connectivity index (χ1v) is 20.9. The van der Waals surface area contributed by atoms with E-state index in [9.17, 15) is 0 Å². The minimum absolute atomic E-state index is 0.0603. The summed E-state index contributed by atoms with van der Waals surface area (Å²) < 4.78 is 2.62. The highest BCUT2D eigenvalue weighted by atomic mass is 15.1. The van der Waals surface area contributed by atoms with Crippen molar-refractivity contribution in [1.82, 2.24) is 4.57 Å². The number of rotatable bonds is 2. The lowest BCUT2D eigenvalue weighted by Gasteiger charge is -2.45. The maximum Gasteiger partial charge on any atom is 0.333 e. The third-order valence-electron chi connectivity index (χ3n) is 14.4. The molecule has 0 fully saturated rings. The molecule has 0 bridgehead atoms. The van der Waals surface area contributed by atoms with Gasteiger partial charge in [-0.05, 0) is 128 Å². The van der Waals surface area contributed by atoms with E-state index in [0.29, 0.717) is 0 Å². The number of hydrogen-bond acceptors (Lipinski definition) is 2. The molecule has 3 aliphatic heterocycles. The summed E-state index contributed by atoms with van der Waals surface area (Å²) in [6.45, 7) is 16.7. The fourth-order valence-corrected chi connectivity index (χ4v) is 11.3. The molecule has 3 nitrogen and oxygen atoms in total. The number of allylic oxidation sites excluding steroid dienone is 2. The van der Waals surface area contributed by atoms with Crippen molar-refractivity contribution in [3.63, 3.8) is 0 Å². The van der Waals surface area contributed by atoms with Crippen LogP contribution in [-0.2, 0) is 10.8 Å². The molecule has 4 heterocycles. The molecule has 12 rings (SSSR count). The molecule has 0 radical (unpaired) electrons. The molecule has 1 aromatic heterocycles. The molecule has 0 N–H and O–H groups in total. The Hall–Kier alpha value is -6.26. The Morgan fingerprint density at radius 1 is 0.638 bits per heavy atom. The topological polar surface area (TPSA) is 11.4 Å². The summed E-state index contributed by atoms with van der Waals surface area (Å²) >= 11 is 0. The highest BCUT2D eigenvalue weighted by Gasteiger charge is 2.46. The number of anilines is 3. The largest absolute Gasteiger partial charge is 0.376 e. The Kier molecular flexibility index (Phi) is 6.68. The van der Waals surface area contributed by atoms with Gasteiger partial charge in [0.1, 0.15) is 0 Å². The number of para-hydroxylation sites is 1. The van der Waals surface area contributed by atoms with Crippen LogP contribution in [0.25, 0.3) is 60.7 Å². The van der Waals surface area contributed by atoms with Crippen LogP contribution in [0.1, 0.15) is 68.4 Å². The zero-order valence-corrected chi connectivity index (χ0v) is 34.2. The predicted octanol–water partition coefficient (Wildman–Crippen LogP) is 12.3. The van der Waals surface area contributed by atoms with Crippen molar-refractivity contribution >= 4 is 78.7 Å². The predicted molar refractivity (Wildman–Crippen MR) is 249 cm³/mol. The fourth-order valence-electron chi connectivity index (χ4n) is 11.3. The summed E-state index contributed by atoms with van der Waals surface area (Å²) in [5.41, 5.74) is 21.9. The fraction of sp³-hybridized carbons (Fsp3) is 0.185. The van der Waals surface area contributed by atoms with E-state index in [4.69, 9.17) is 6.58 Å². The van der Waals surface area contributed by atoms with E-state index in [0.717, 1.165) is 11.3 Å². The van der Waals surface area contributed by atoms with Crippen LogP contribution in [0.5, 0.6) is 0 Å². The molecule has 0 spiro atoms. The summed E-state index contributed by atoms with van der Waals surface area (Å²) in [5.74, 6) is 0. The van der Waals surface area contributed by atoms with E-state index in [1.54, 1.807) is 0 Å². The number of benzene rings is 7. The van der Waals surface area contributed by atoms with Crippen molar-refractivity contribution in [2.45, 2.75) is 58.3 Å². The van der Waals surface area contributed by atoms with Crippen molar-refractivity contribution in [3.05, 3.63) is 168 Å². The Bertz CT molecular complexity index is 3180. The van der Waals surface area contributed by atoms with Crippen LogP contribution < -0.4 is 20.6 Å². The first-order valence-electron chi connectivity index (χ1n) is 20.9. The van der Waals surface area contributed by atoms with Gasteiger partial charge in [0.25, 0.3) is 0 Å². The van der Waals surface area contributed by atoms with Crippen LogP contribution >= 0.6 is 0 Å². The summed E-state index contributed by atoms with van der Waals surface area (Å²) in [5, 5.41) is 5.19. The third kappa shape index (κ3) is 4.41. The van der Waals surface area contributed by atoms with Crippen LogP contribution in [0.3, 0.4) is 0 Å². The van der Waals surface area contributed by atoms with Gasteiger partial charge in [0.15, 0.2) is 0 Å². The molecule has 1 aliphatic carbocycles. The Morgan fingerprint density at radius 2 is 1.34 bits per heavy atom. The lowest BCUT2D eigenvalue weighted by molar-refractivity contribution is 0.332. The average Bonchev–Trinajstić information content (AvgIpc) is 3.57. The van der Waals surface area contributed by atoms with Gasteiger partial charge < -0.3 is 14.3 Å². The third-order valence-corrected chi connectivity index (χ3v) is 14.4. The Labute approximate surface area is 341 Å². The van der Waals surface area contributed by atoms with Gasteiger partial charge in [0.2, 0.25) is 0 Å². The Morgan fingerprint density at radius 3 is 2.14 bits per heavy atom. The monoisotopic (exact) mass is 747 g/mol. The molecule has 4 aliphatic rings. The molecule has 0 saturated heterocycles. The molecule has 8 aromatic rings. The summed E-state index contributed by atoms with van der Waals surface area (Å²) in [6.07, 6.45) is 4.64. The number of hydrogen-bond donors (Lipinski definition) is 0. The van der Waals surface area contributed by atoms with Gasteiger partial charge in [0, 0.05) is 51.7 Å². The quantitative estimate of drug-likeness (QED) is 0.163. The lowest BCUT2D eigenvalue weighted by atomic mass is 9.43. The molecule has 280 valence electrons. The van der Waals surface area contributed by atoms with E-state index in [1.165, 1.54) is 118 Å². The SMILES string of the molecule is C=C1C=C(c2ccccc2)N(C)c2cc3c(cc21)B1c2c(cc(C)c4c5cc6ccccc6cc5n-3c24)-c2ccccc2N1c1ccc2c(c1)C(C)(C)CCC2(C)C. The molecule has 0 saturated carbocycles. The van der Waals surface area contributed by atoms with E-state index in [-0.39, 0.29) is 17.7 Å². The van der Waals surface area contributed by atoms with Crippen molar-refractivity contribution in [1.29, 1.82) is 0 Å². The van der Waals surface area contributed by atoms with Crippen molar-refractivity contribution in [2.24, 2.45) is 0 Å². The van der Waals surface area contributed by atoms with Crippen molar-refractivity contribution in [2.75, 3.05) is 16.8 Å². The number of nitrogens with zero attached hydrogens (tertiary/aromatic N) is 3. The first kappa shape index (κ1) is 33.8. The van der Waals surface area contributed by atoms with Crippen molar-refractivity contribution in [3.8, 4) is 16.8 Å². The maximum absolute atomic E-state index is 4.73. The zero-order chi connectivity index (χ0) is 39.4. The lowest BCUT2D eigenvalue weighted by Crippen LogP contribution is -2.60. The zero-order valence-electron chi connectivity index (χ0n) is 34.2. The second-order valence-electron chi connectivity index (χ2n) is 18.6. The van der Waals surface area contributed by atoms with E-state index < -0.39 is 0 Å². The van der Waals surface area contributed by atoms with Gasteiger partial charge in [-0.3, -0.25) is 0 Å². The second-order valence-corrected chi connectivity index (χ2v) is 18.6. The van der Waals surface area contributed by atoms with E-state index >= 15 is 0 Å². The minimum Gasteiger partial charge on any atom is -0.376 e. The number of fused-ring (bicyclic) bond motifs is 11. The standard InChI is InChI=1S/C54H46BN3/c1-32-26-46(34-15-9-8-10-16-34)56(7)47-31-49-44(30-39(32)47)55-51-40(25-33(2)50-41-27-35-17-11-12-18-36(35)28-48(41)57(49)52(50)51)38-19-13-14-20-45(38)58(55)37-21-22-42-43(29-37)54(5,6)24-23-53(42,3)4/h8-22,25-31H,1,23-24H2,2-7H3. The van der Waals surface area contributed by atoms with Crippen LogP contribution in [0, 0.1) is 6.92 Å². The van der Waals surface area contributed by atoms with E-state index in [1.807, 2.05) is 0 Å². The van der Waals surface area contributed by atoms with Crippen LogP contribution in [0.2, 0.25) is 0 Å². The molecule has 0 atom stereocenters. The molecular formula is C54H46BN3. The van der Waals surface area contributed by atoms with Gasteiger partial charge in [0.05, 0.1) is 16.7 Å². The Balaban J connectivity index is 1.22. The van der Waals surface area contributed by atoms with Gasteiger partial charge in [-0.25, -0.2) is 0 Å². The molecule has 0 amide bonds. The van der Waals surface area contributed by atoms with E-state index in [2.05, 4.69) is 189 Å². The summed E-state index contributed by atoms with van der Waals surface area (Å²) in [4.78, 5) is 5.06. The highest BCUT2D eigenvalue weighted by molar-refractivity contribution is 6.93. The number of aryl methyl sites for hydroxylation is 1. The first-order chi connectivity index (χ1) is 28.0. The van der Waals surface area contributed by atoms with Gasteiger partial charge in [-0.1, -0.05) is 125 Å². The summed E-state index contributed by atoms with van der Waals surface area (Å²) in [6, 6.07) is 48.5. The highest BCUT2D eigenvalue weighted by Crippen LogP contribution is 2.51. The summed E-state index contributed by atoms with van der Waals surface area (Å²) in [7, 11) is 2.21. The molecule has 58 heavy (non-hydrogen) atoms. The second kappa shape index (κ2) is 11.4. The van der Waals surface area contributed by atoms with Crippen molar-refractivity contribution < 1.29 is 0 Å².